The van der Waals surface area contributed by atoms with E-state index in [1.807, 2.05) is 0 Å². The maximum atomic E-state index is 13.4. The van der Waals surface area contributed by atoms with Crippen molar-refractivity contribution in [3.8, 4) is 0 Å². The Labute approximate surface area is 103 Å². The van der Waals surface area contributed by atoms with Gasteiger partial charge in [-0.25, -0.2) is 4.39 Å². The molecule has 0 unspecified atom stereocenters. The van der Waals surface area contributed by atoms with Gasteiger partial charge in [0.25, 0.3) is 5.91 Å². The Kier molecular flexibility index (Phi) is 3.72. The highest BCUT2D eigenvalue weighted by atomic mass is 35.5. The highest BCUT2D eigenvalue weighted by molar-refractivity contribution is 6.31. The smallest absolute Gasteiger partial charge is 0.255 e. The monoisotopic (exact) mass is 258 g/mol. The third-order valence-corrected chi connectivity index (χ3v) is 2.45. The van der Waals surface area contributed by atoms with E-state index in [1.165, 1.54) is 26.0 Å². The number of halogens is 2. The predicted octanol–water partition coefficient (Wildman–Crippen LogP) is 1.47. The molecule has 0 aliphatic carbocycles. The van der Waals surface area contributed by atoms with Crippen LogP contribution in [0.3, 0.4) is 0 Å². The third kappa shape index (κ3) is 3.17. The zero-order valence-corrected chi connectivity index (χ0v) is 10.1. The first-order chi connectivity index (χ1) is 7.74. The Hall–Kier alpha value is -1.62. The summed E-state index contributed by atoms with van der Waals surface area (Å²) in [5.74, 6) is -2.17. The molecule has 0 aromatic heterocycles. The second-order valence-electron chi connectivity index (χ2n) is 4.07. The lowest BCUT2D eigenvalue weighted by molar-refractivity contribution is -0.122. The molecule has 92 valence electrons. The number of carbonyl (C=O) groups is 2. The lowest BCUT2D eigenvalue weighted by Gasteiger charge is -2.22. The van der Waals surface area contributed by atoms with Gasteiger partial charge in [0, 0.05) is 5.02 Å². The fourth-order valence-corrected chi connectivity index (χ4v) is 1.26. The summed E-state index contributed by atoms with van der Waals surface area (Å²) in [6, 6.07) is 3.59. The Bertz CT molecular complexity index is 475. The van der Waals surface area contributed by atoms with E-state index in [2.05, 4.69) is 5.32 Å². The first-order valence-electron chi connectivity index (χ1n) is 4.81. The molecular weight excluding hydrogens is 247 g/mol. The first-order valence-corrected chi connectivity index (χ1v) is 5.19. The molecule has 1 rings (SSSR count). The number of hydrogen-bond donors (Lipinski definition) is 2. The van der Waals surface area contributed by atoms with Crippen LogP contribution < -0.4 is 11.1 Å². The summed E-state index contributed by atoms with van der Waals surface area (Å²) in [5.41, 5.74) is 3.60. The van der Waals surface area contributed by atoms with Crippen LogP contribution in [0.1, 0.15) is 24.2 Å². The molecule has 1 aromatic carbocycles. The van der Waals surface area contributed by atoms with E-state index in [0.29, 0.717) is 0 Å². The number of hydrogen-bond acceptors (Lipinski definition) is 2. The minimum Gasteiger partial charge on any atom is -0.368 e. The summed E-state index contributed by atoms with van der Waals surface area (Å²) in [6.45, 7) is 2.85. The van der Waals surface area contributed by atoms with Crippen molar-refractivity contribution < 1.29 is 14.0 Å². The summed E-state index contributed by atoms with van der Waals surface area (Å²) in [5, 5.41) is 2.56. The van der Waals surface area contributed by atoms with Crippen molar-refractivity contribution >= 4 is 23.4 Å². The average Bonchev–Trinajstić information content (AvgIpc) is 2.20. The van der Waals surface area contributed by atoms with E-state index in [4.69, 9.17) is 17.3 Å². The SMILES string of the molecule is CC(C)(NC(=O)c1cc(Cl)ccc1F)C(N)=O. The minimum atomic E-state index is -1.26. The molecule has 2 amide bonds. The summed E-state index contributed by atoms with van der Waals surface area (Å²) in [6.07, 6.45) is 0. The van der Waals surface area contributed by atoms with Crippen LogP contribution in [0.2, 0.25) is 5.02 Å². The standard InChI is InChI=1S/C11H12ClFN2O2/c1-11(2,10(14)17)15-9(16)7-5-6(12)3-4-8(7)13/h3-5H,1-2H3,(H2,14,17)(H,15,16). The van der Waals surface area contributed by atoms with Gasteiger partial charge in [0.05, 0.1) is 5.56 Å². The van der Waals surface area contributed by atoms with E-state index in [0.717, 1.165) is 6.07 Å². The molecule has 0 saturated carbocycles. The van der Waals surface area contributed by atoms with E-state index < -0.39 is 23.2 Å². The van der Waals surface area contributed by atoms with Gasteiger partial charge in [-0.2, -0.15) is 0 Å². The Balaban J connectivity index is 2.98. The molecule has 0 spiro atoms. The predicted molar refractivity (Wildman–Crippen MR) is 62.1 cm³/mol. The van der Waals surface area contributed by atoms with Crippen molar-refractivity contribution in [2.45, 2.75) is 19.4 Å². The number of nitrogens with one attached hydrogen (secondary N) is 1. The number of rotatable bonds is 3. The largest absolute Gasteiger partial charge is 0.368 e. The Morgan fingerprint density at radius 2 is 2.00 bits per heavy atom. The fourth-order valence-electron chi connectivity index (χ4n) is 1.08. The van der Waals surface area contributed by atoms with Crippen molar-refractivity contribution in [3.63, 3.8) is 0 Å². The second kappa shape index (κ2) is 4.71. The van der Waals surface area contributed by atoms with Gasteiger partial charge in [0.1, 0.15) is 11.4 Å². The van der Waals surface area contributed by atoms with E-state index in [-0.39, 0.29) is 10.6 Å². The second-order valence-corrected chi connectivity index (χ2v) is 4.50. The summed E-state index contributed by atoms with van der Waals surface area (Å²) in [4.78, 5) is 22.7. The molecule has 17 heavy (non-hydrogen) atoms. The lowest BCUT2D eigenvalue weighted by Crippen LogP contribution is -2.53. The van der Waals surface area contributed by atoms with Crippen molar-refractivity contribution in [2.24, 2.45) is 5.73 Å². The van der Waals surface area contributed by atoms with Gasteiger partial charge in [-0.05, 0) is 32.0 Å². The summed E-state index contributed by atoms with van der Waals surface area (Å²) < 4.78 is 13.4. The molecular formula is C11H12ClFN2O2. The molecule has 6 heteroatoms. The summed E-state index contributed by atoms with van der Waals surface area (Å²) >= 11 is 5.66. The van der Waals surface area contributed by atoms with Gasteiger partial charge >= 0.3 is 0 Å². The van der Waals surface area contributed by atoms with Crippen LogP contribution in [0.15, 0.2) is 18.2 Å². The number of amides is 2. The molecule has 0 aliphatic heterocycles. The van der Waals surface area contributed by atoms with E-state index >= 15 is 0 Å². The highest BCUT2D eigenvalue weighted by Gasteiger charge is 2.28. The van der Waals surface area contributed by atoms with Gasteiger partial charge in [-0.15, -0.1) is 0 Å². The van der Waals surface area contributed by atoms with Crippen LogP contribution in [0, 0.1) is 5.82 Å². The zero-order valence-electron chi connectivity index (χ0n) is 9.38. The van der Waals surface area contributed by atoms with Gasteiger partial charge in [0.2, 0.25) is 5.91 Å². The fraction of sp³-hybridized carbons (Fsp3) is 0.273. The topological polar surface area (TPSA) is 72.2 Å². The first kappa shape index (κ1) is 13.4. The minimum absolute atomic E-state index is 0.230. The zero-order chi connectivity index (χ0) is 13.2. The van der Waals surface area contributed by atoms with Gasteiger partial charge in [-0.1, -0.05) is 11.6 Å². The molecule has 0 fully saturated rings. The number of nitrogens with two attached hydrogens (primary N) is 1. The normalized spacial score (nSPS) is 11.1. The maximum absolute atomic E-state index is 13.4. The van der Waals surface area contributed by atoms with Gasteiger partial charge in [0.15, 0.2) is 0 Å². The van der Waals surface area contributed by atoms with E-state index in [1.54, 1.807) is 0 Å². The van der Waals surface area contributed by atoms with Gasteiger partial charge in [-0.3, -0.25) is 9.59 Å². The molecule has 4 nitrogen and oxygen atoms in total. The molecule has 3 N–H and O–H groups in total. The molecule has 0 saturated heterocycles. The van der Waals surface area contributed by atoms with Crippen LogP contribution in [-0.4, -0.2) is 17.4 Å². The molecule has 1 aromatic rings. The number of primary amides is 1. The van der Waals surface area contributed by atoms with Crippen LogP contribution in [-0.2, 0) is 4.79 Å². The molecule has 0 heterocycles. The van der Waals surface area contributed by atoms with Gasteiger partial charge < -0.3 is 11.1 Å². The highest BCUT2D eigenvalue weighted by Crippen LogP contribution is 2.15. The van der Waals surface area contributed by atoms with Crippen molar-refractivity contribution in [1.82, 2.24) is 5.32 Å². The van der Waals surface area contributed by atoms with Crippen LogP contribution in [0.5, 0.6) is 0 Å². The van der Waals surface area contributed by atoms with Crippen LogP contribution >= 0.6 is 11.6 Å². The Morgan fingerprint density at radius 3 is 2.53 bits per heavy atom. The van der Waals surface area contributed by atoms with Crippen molar-refractivity contribution in [3.05, 3.63) is 34.6 Å². The third-order valence-electron chi connectivity index (χ3n) is 2.22. The molecule has 0 aliphatic rings. The van der Waals surface area contributed by atoms with Crippen molar-refractivity contribution in [2.75, 3.05) is 0 Å². The summed E-state index contributed by atoms with van der Waals surface area (Å²) in [7, 11) is 0. The maximum Gasteiger partial charge on any atom is 0.255 e. The van der Waals surface area contributed by atoms with Crippen LogP contribution in [0.4, 0.5) is 4.39 Å². The number of carbonyl (C=O) groups excluding carboxylic acids is 2. The molecule has 0 atom stereocenters. The lowest BCUT2D eigenvalue weighted by atomic mass is 10.0. The quantitative estimate of drug-likeness (QED) is 0.862. The molecule has 0 radical (unpaired) electrons. The van der Waals surface area contributed by atoms with Crippen LogP contribution in [0.25, 0.3) is 0 Å². The number of benzene rings is 1. The average molecular weight is 259 g/mol. The molecule has 0 bridgehead atoms. The Morgan fingerprint density at radius 1 is 1.41 bits per heavy atom. The van der Waals surface area contributed by atoms with Crippen molar-refractivity contribution in [1.29, 1.82) is 0 Å². The van der Waals surface area contributed by atoms with E-state index in [9.17, 15) is 14.0 Å².